The average Bonchev–Trinajstić information content (AvgIpc) is 3.03. The van der Waals surface area contributed by atoms with Crippen LogP contribution in [0, 0.1) is 0 Å². The minimum Gasteiger partial charge on any atom is -0.497 e. The van der Waals surface area contributed by atoms with E-state index < -0.39 is 5.54 Å². The molecule has 1 saturated heterocycles. The average molecular weight is 355 g/mol. The number of aromatic nitrogens is 1. The monoisotopic (exact) mass is 355 g/mol. The Morgan fingerprint density at radius 1 is 1.35 bits per heavy atom. The highest BCUT2D eigenvalue weighted by Crippen LogP contribution is 2.43. The van der Waals surface area contributed by atoms with Gasteiger partial charge in [0.2, 0.25) is 5.91 Å². The summed E-state index contributed by atoms with van der Waals surface area (Å²) in [4.78, 5) is 33.2. The predicted octanol–water partition coefficient (Wildman–Crippen LogP) is 2.42. The molecule has 26 heavy (non-hydrogen) atoms. The molecule has 2 aliphatic rings. The fraction of sp³-hybridized carbons (Fsp3) is 0.500. The van der Waals surface area contributed by atoms with Gasteiger partial charge in [0.25, 0.3) is 5.91 Å². The zero-order valence-electron chi connectivity index (χ0n) is 15.8. The number of nitrogens with one attached hydrogen (secondary N) is 1. The lowest BCUT2D eigenvalue weighted by Gasteiger charge is -2.50. The first-order valence-electron chi connectivity index (χ1n) is 9.22. The maximum absolute atomic E-state index is 13.5. The molecule has 2 atom stereocenters. The van der Waals surface area contributed by atoms with Crippen molar-refractivity contribution in [1.82, 2.24) is 14.8 Å². The second kappa shape index (κ2) is 5.76. The van der Waals surface area contributed by atoms with Crippen molar-refractivity contribution >= 4 is 22.7 Å². The third-order valence-corrected chi connectivity index (χ3v) is 6.13. The SMILES string of the molecule is CC[C@@H](C)N1CC(=O)N2CCc3c([nH]c4ccc(OC)cc34)[C@@]2(C)C1=O. The molecule has 1 aromatic heterocycles. The maximum Gasteiger partial charge on any atom is 0.255 e. The Morgan fingerprint density at radius 3 is 2.81 bits per heavy atom. The van der Waals surface area contributed by atoms with Gasteiger partial charge < -0.3 is 19.5 Å². The summed E-state index contributed by atoms with van der Waals surface area (Å²) < 4.78 is 5.36. The van der Waals surface area contributed by atoms with Gasteiger partial charge >= 0.3 is 0 Å². The number of H-pyrrole nitrogens is 1. The van der Waals surface area contributed by atoms with Gasteiger partial charge in [0.15, 0.2) is 5.54 Å². The Morgan fingerprint density at radius 2 is 2.12 bits per heavy atom. The van der Waals surface area contributed by atoms with Gasteiger partial charge in [0, 0.05) is 23.5 Å². The van der Waals surface area contributed by atoms with Crippen molar-refractivity contribution in [3.8, 4) is 5.75 Å². The fourth-order valence-electron chi connectivity index (χ4n) is 4.37. The molecule has 1 N–H and O–H groups in total. The van der Waals surface area contributed by atoms with Crippen molar-refractivity contribution in [3.05, 3.63) is 29.5 Å². The van der Waals surface area contributed by atoms with Crippen molar-refractivity contribution < 1.29 is 14.3 Å². The van der Waals surface area contributed by atoms with E-state index >= 15 is 0 Å². The summed E-state index contributed by atoms with van der Waals surface area (Å²) in [6.07, 6.45) is 1.56. The van der Waals surface area contributed by atoms with Crippen LogP contribution >= 0.6 is 0 Å². The zero-order chi connectivity index (χ0) is 18.6. The molecule has 6 heteroatoms. The van der Waals surface area contributed by atoms with Gasteiger partial charge in [0.1, 0.15) is 12.3 Å². The Bertz CT molecular complexity index is 903. The number of hydrogen-bond donors (Lipinski definition) is 1. The molecule has 138 valence electrons. The molecule has 2 aromatic rings. The molecule has 0 radical (unpaired) electrons. The molecule has 3 heterocycles. The van der Waals surface area contributed by atoms with Crippen LogP contribution in [0.2, 0.25) is 0 Å². The molecular weight excluding hydrogens is 330 g/mol. The maximum atomic E-state index is 13.5. The number of methoxy groups -OCH3 is 1. The number of benzene rings is 1. The number of piperazine rings is 1. The largest absolute Gasteiger partial charge is 0.497 e. The number of carbonyl (C=O) groups excluding carboxylic acids is 2. The molecule has 2 aliphatic heterocycles. The van der Waals surface area contributed by atoms with E-state index in [0.717, 1.165) is 40.8 Å². The molecule has 0 unspecified atom stereocenters. The molecule has 0 bridgehead atoms. The highest BCUT2D eigenvalue weighted by atomic mass is 16.5. The number of ether oxygens (including phenoxy) is 1. The predicted molar refractivity (Wildman–Crippen MR) is 99.1 cm³/mol. The molecular formula is C20H25N3O3. The number of aromatic amines is 1. The summed E-state index contributed by atoms with van der Waals surface area (Å²) in [6, 6.07) is 5.93. The van der Waals surface area contributed by atoms with E-state index in [0.29, 0.717) is 6.54 Å². The minimum absolute atomic E-state index is 0.00548. The summed E-state index contributed by atoms with van der Waals surface area (Å²) in [6.45, 7) is 6.66. The topological polar surface area (TPSA) is 65.6 Å². The normalized spacial score (nSPS) is 23.8. The van der Waals surface area contributed by atoms with E-state index in [9.17, 15) is 9.59 Å². The molecule has 0 spiro atoms. The van der Waals surface area contributed by atoms with Gasteiger partial charge in [-0.3, -0.25) is 9.59 Å². The summed E-state index contributed by atoms with van der Waals surface area (Å²) in [5.74, 6) is 0.819. The smallest absolute Gasteiger partial charge is 0.255 e. The number of hydrogen-bond acceptors (Lipinski definition) is 3. The molecule has 1 aromatic carbocycles. The third-order valence-electron chi connectivity index (χ3n) is 6.13. The first-order valence-corrected chi connectivity index (χ1v) is 9.22. The molecule has 1 fully saturated rings. The van der Waals surface area contributed by atoms with Crippen LogP contribution in [0.3, 0.4) is 0 Å². The van der Waals surface area contributed by atoms with Gasteiger partial charge in [0.05, 0.1) is 12.8 Å². The summed E-state index contributed by atoms with van der Waals surface area (Å²) in [7, 11) is 1.65. The van der Waals surface area contributed by atoms with E-state index in [4.69, 9.17) is 4.74 Å². The second-order valence-electron chi connectivity index (χ2n) is 7.45. The first-order chi connectivity index (χ1) is 12.4. The molecule has 0 aliphatic carbocycles. The minimum atomic E-state index is -0.974. The van der Waals surface area contributed by atoms with Gasteiger partial charge in [-0.1, -0.05) is 6.92 Å². The molecule has 0 saturated carbocycles. The Labute approximate surface area is 153 Å². The standard InChI is InChI=1S/C20H25N3O3/c1-5-12(2)22-11-17(24)23-9-8-14-15-10-13(26-4)6-7-16(15)21-18(14)20(23,3)19(22)25/h6-7,10,12,21H,5,8-9,11H2,1-4H3/t12-,20+/m1/s1. The quantitative estimate of drug-likeness (QED) is 0.920. The van der Waals surface area contributed by atoms with E-state index in [1.165, 1.54) is 0 Å². The number of fused-ring (bicyclic) bond motifs is 5. The van der Waals surface area contributed by atoms with Crippen LogP contribution < -0.4 is 4.74 Å². The van der Waals surface area contributed by atoms with Crippen molar-refractivity contribution in [3.63, 3.8) is 0 Å². The van der Waals surface area contributed by atoms with E-state index in [-0.39, 0.29) is 24.4 Å². The number of rotatable bonds is 3. The van der Waals surface area contributed by atoms with E-state index in [2.05, 4.69) is 4.98 Å². The highest BCUT2D eigenvalue weighted by molar-refractivity contribution is 6.01. The van der Waals surface area contributed by atoms with Gasteiger partial charge in [-0.15, -0.1) is 0 Å². The van der Waals surface area contributed by atoms with Crippen LogP contribution in [-0.2, 0) is 21.5 Å². The Hall–Kier alpha value is -2.50. The second-order valence-corrected chi connectivity index (χ2v) is 7.45. The van der Waals surface area contributed by atoms with E-state index in [1.54, 1.807) is 16.9 Å². The lowest BCUT2D eigenvalue weighted by molar-refractivity contribution is -0.168. The lowest BCUT2D eigenvalue weighted by atomic mass is 9.82. The molecule has 6 nitrogen and oxygen atoms in total. The first kappa shape index (κ1) is 16.9. The Balaban J connectivity index is 1.90. The third kappa shape index (κ3) is 2.11. The number of amides is 2. The van der Waals surface area contributed by atoms with Crippen LogP contribution in [0.1, 0.15) is 38.4 Å². The molecule has 4 rings (SSSR count). The van der Waals surface area contributed by atoms with Crippen molar-refractivity contribution in [2.24, 2.45) is 0 Å². The van der Waals surface area contributed by atoms with Crippen LogP contribution in [0.15, 0.2) is 18.2 Å². The van der Waals surface area contributed by atoms with Crippen LogP contribution in [0.5, 0.6) is 5.75 Å². The fourth-order valence-corrected chi connectivity index (χ4v) is 4.37. The zero-order valence-corrected chi connectivity index (χ0v) is 15.8. The van der Waals surface area contributed by atoms with Gasteiger partial charge in [-0.2, -0.15) is 0 Å². The lowest BCUT2D eigenvalue weighted by Crippen LogP contribution is -2.68. The summed E-state index contributed by atoms with van der Waals surface area (Å²) >= 11 is 0. The highest BCUT2D eigenvalue weighted by Gasteiger charge is 2.54. The van der Waals surface area contributed by atoms with Gasteiger partial charge in [-0.25, -0.2) is 0 Å². The number of nitrogens with zero attached hydrogens (tertiary/aromatic N) is 2. The summed E-state index contributed by atoms with van der Waals surface area (Å²) in [5, 5.41) is 1.07. The van der Waals surface area contributed by atoms with Gasteiger partial charge in [-0.05, 0) is 50.5 Å². The Kier molecular flexibility index (Phi) is 3.75. The summed E-state index contributed by atoms with van der Waals surface area (Å²) in [5.41, 5.74) is 1.96. The van der Waals surface area contributed by atoms with Crippen LogP contribution in [-0.4, -0.2) is 52.8 Å². The van der Waals surface area contributed by atoms with Crippen molar-refractivity contribution in [2.75, 3.05) is 20.2 Å². The molecule has 2 amide bonds. The van der Waals surface area contributed by atoms with Crippen LogP contribution in [0.25, 0.3) is 10.9 Å². The van der Waals surface area contributed by atoms with Crippen molar-refractivity contribution in [1.29, 1.82) is 0 Å². The number of carbonyl (C=O) groups is 2. The van der Waals surface area contributed by atoms with Crippen LogP contribution in [0.4, 0.5) is 0 Å². The van der Waals surface area contributed by atoms with Crippen molar-refractivity contribution in [2.45, 2.75) is 45.2 Å². The van der Waals surface area contributed by atoms with E-state index in [1.807, 2.05) is 39.0 Å².